The van der Waals surface area contributed by atoms with Gasteiger partial charge in [0.15, 0.2) is 5.75 Å². The SMILES string of the molecule is NC1C=CCC2CN(c3c(F)cc4c(=O)c(OC(=O)O)cn(C5CC5)c4c3Cl)CC12. The molecule has 0 amide bonds. The van der Waals surface area contributed by atoms with Crippen molar-refractivity contribution in [3.05, 3.63) is 45.5 Å². The number of rotatable bonds is 3. The van der Waals surface area contributed by atoms with Crippen LogP contribution in [-0.2, 0) is 0 Å². The van der Waals surface area contributed by atoms with Crippen molar-refractivity contribution in [3.8, 4) is 5.75 Å². The Morgan fingerprint density at radius 3 is 2.77 bits per heavy atom. The van der Waals surface area contributed by atoms with E-state index in [4.69, 9.17) is 22.4 Å². The van der Waals surface area contributed by atoms with Crippen LogP contribution >= 0.6 is 11.6 Å². The number of ether oxygens (including phenoxy) is 1. The van der Waals surface area contributed by atoms with Crippen LogP contribution in [0.1, 0.15) is 25.3 Å². The van der Waals surface area contributed by atoms with Gasteiger partial charge in [-0.3, -0.25) is 4.79 Å². The topological polar surface area (TPSA) is 97.8 Å². The number of carbonyl (C=O) groups is 1. The Morgan fingerprint density at radius 2 is 2.10 bits per heavy atom. The van der Waals surface area contributed by atoms with Gasteiger partial charge in [-0.15, -0.1) is 0 Å². The van der Waals surface area contributed by atoms with Crippen molar-refractivity contribution in [1.82, 2.24) is 4.57 Å². The van der Waals surface area contributed by atoms with Crippen LogP contribution in [0.5, 0.6) is 5.75 Å². The molecule has 158 valence electrons. The molecule has 3 aliphatic rings. The fraction of sp³-hybridized carbons (Fsp3) is 0.429. The first kappa shape index (κ1) is 19.4. The van der Waals surface area contributed by atoms with E-state index >= 15 is 4.39 Å². The molecule has 0 spiro atoms. The summed E-state index contributed by atoms with van der Waals surface area (Å²) >= 11 is 6.72. The Hall–Kier alpha value is -2.58. The summed E-state index contributed by atoms with van der Waals surface area (Å²) in [6, 6.07) is 1.14. The number of fused-ring (bicyclic) bond motifs is 2. The molecule has 2 aliphatic carbocycles. The molecule has 1 saturated carbocycles. The minimum atomic E-state index is -1.60. The zero-order valence-corrected chi connectivity index (χ0v) is 16.8. The Bertz CT molecular complexity index is 1140. The minimum Gasteiger partial charge on any atom is -0.449 e. The number of carboxylic acid groups (broad SMARTS) is 1. The fourth-order valence-electron chi connectivity index (χ4n) is 4.82. The molecule has 3 unspecified atom stereocenters. The molecular weight excluding hydrogens is 413 g/mol. The lowest BCUT2D eigenvalue weighted by Gasteiger charge is -2.25. The van der Waals surface area contributed by atoms with Crippen molar-refractivity contribution in [2.45, 2.75) is 31.3 Å². The van der Waals surface area contributed by atoms with Gasteiger partial charge in [0.25, 0.3) is 0 Å². The summed E-state index contributed by atoms with van der Waals surface area (Å²) in [7, 11) is 0. The predicted octanol–water partition coefficient (Wildman–Crippen LogP) is 3.53. The Labute approximate surface area is 176 Å². The van der Waals surface area contributed by atoms with Crippen molar-refractivity contribution in [2.24, 2.45) is 17.6 Å². The van der Waals surface area contributed by atoms with Gasteiger partial charge in [-0.2, -0.15) is 0 Å². The molecule has 1 aliphatic heterocycles. The number of allylic oxidation sites excluding steroid dienone is 1. The number of anilines is 1. The van der Waals surface area contributed by atoms with Gasteiger partial charge in [-0.1, -0.05) is 23.8 Å². The first-order valence-corrected chi connectivity index (χ1v) is 10.4. The van der Waals surface area contributed by atoms with Crippen LogP contribution in [0.4, 0.5) is 14.9 Å². The summed E-state index contributed by atoms with van der Waals surface area (Å²) < 4.78 is 21.6. The lowest BCUT2D eigenvalue weighted by atomic mass is 9.83. The van der Waals surface area contributed by atoms with Gasteiger partial charge in [0.2, 0.25) is 5.43 Å². The van der Waals surface area contributed by atoms with Crippen molar-refractivity contribution < 1.29 is 19.0 Å². The van der Waals surface area contributed by atoms with E-state index in [1.165, 1.54) is 6.20 Å². The Kier molecular flexibility index (Phi) is 4.52. The molecule has 9 heteroatoms. The van der Waals surface area contributed by atoms with Crippen LogP contribution in [0, 0.1) is 17.7 Å². The molecule has 1 aromatic heterocycles. The number of pyridine rings is 1. The monoisotopic (exact) mass is 433 g/mol. The highest BCUT2D eigenvalue weighted by molar-refractivity contribution is 6.38. The molecule has 7 nitrogen and oxygen atoms in total. The number of nitrogens with two attached hydrogens (primary N) is 1. The van der Waals surface area contributed by atoms with Crippen LogP contribution in [0.3, 0.4) is 0 Å². The standard InChI is InChI=1S/C21H21ClFN3O4/c22-17-18-12(20(27)16(30-21(28)29)9-26(18)11-4-5-11)6-14(23)19(17)25-7-10-2-1-3-15(24)13(10)8-25/h1,3,6,9-11,13,15H,2,4-5,7-8,24H2,(H,28,29). The Morgan fingerprint density at radius 1 is 1.33 bits per heavy atom. The van der Waals surface area contributed by atoms with Crippen LogP contribution in [0.15, 0.2) is 29.2 Å². The number of hydrogen-bond donors (Lipinski definition) is 2. The van der Waals surface area contributed by atoms with Crippen LogP contribution in [0.2, 0.25) is 5.02 Å². The minimum absolute atomic E-state index is 0.0156. The third-order valence-corrected chi connectivity index (χ3v) is 6.75. The van der Waals surface area contributed by atoms with E-state index < -0.39 is 17.4 Å². The molecule has 0 bridgehead atoms. The first-order chi connectivity index (χ1) is 14.3. The molecule has 2 fully saturated rings. The average molecular weight is 434 g/mol. The molecular formula is C21H21ClFN3O4. The molecule has 2 aromatic rings. The van der Waals surface area contributed by atoms with Crippen molar-refractivity contribution in [1.29, 1.82) is 0 Å². The van der Waals surface area contributed by atoms with Crippen LogP contribution < -0.4 is 20.8 Å². The summed E-state index contributed by atoms with van der Waals surface area (Å²) in [5.41, 5.74) is 6.21. The molecule has 1 saturated heterocycles. The highest BCUT2D eigenvalue weighted by Crippen LogP contribution is 2.44. The van der Waals surface area contributed by atoms with Crippen molar-refractivity contribution in [3.63, 3.8) is 0 Å². The smallest absolute Gasteiger partial charge is 0.449 e. The average Bonchev–Trinajstić information content (AvgIpc) is 3.43. The maximum atomic E-state index is 15.3. The van der Waals surface area contributed by atoms with Gasteiger partial charge in [0, 0.05) is 25.2 Å². The summed E-state index contributed by atoms with van der Waals surface area (Å²) in [5, 5.41) is 9.11. The largest absolute Gasteiger partial charge is 0.511 e. The van der Waals surface area contributed by atoms with Gasteiger partial charge < -0.3 is 25.0 Å². The van der Waals surface area contributed by atoms with Gasteiger partial charge in [-0.25, -0.2) is 9.18 Å². The quantitative estimate of drug-likeness (QED) is 0.567. The summed E-state index contributed by atoms with van der Waals surface area (Å²) in [6.07, 6.45) is 6.46. The van der Waals surface area contributed by atoms with E-state index in [2.05, 4.69) is 10.8 Å². The summed E-state index contributed by atoms with van der Waals surface area (Å²) in [6.45, 7) is 1.23. The summed E-state index contributed by atoms with van der Waals surface area (Å²) in [5.74, 6) is -0.416. The maximum Gasteiger partial charge on any atom is 0.511 e. The van der Waals surface area contributed by atoms with E-state index in [0.717, 1.165) is 25.3 Å². The molecule has 30 heavy (non-hydrogen) atoms. The lowest BCUT2D eigenvalue weighted by Crippen LogP contribution is -2.35. The fourth-order valence-corrected chi connectivity index (χ4v) is 5.23. The summed E-state index contributed by atoms with van der Waals surface area (Å²) in [4.78, 5) is 25.7. The second kappa shape index (κ2) is 6.99. The van der Waals surface area contributed by atoms with Crippen LogP contribution in [-0.4, -0.2) is 35.0 Å². The molecule has 2 heterocycles. The second-order valence-electron chi connectivity index (χ2n) is 8.32. The van der Waals surface area contributed by atoms with Gasteiger partial charge in [0.1, 0.15) is 5.82 Å². The number of benzene rings is 1. The van der Waals surface area contributed by atoms with Crippen molar-refractivity contribution in [2.75, 3.05) is 18.0 Å². The van der Waals surface area contributed by atoms with E-state index in [-0.39, 0.29) is 39.8 Å². The molecule has 1 aromatic carbocycles. The normalized spacial score (nSPS) is 25.6. The highest BCUT2D eigenvalue weighted by Gasteiger charge is 2.39. The predicted molar refractivity (Wildman–Crippen MR) is 111 cm³/mol. The molecule has 3 N–H and O–H groups in total. The van der Waals surface area contributed by atoms with Gasteiger partial charge in [-0.05, 0) is 37.2 Å². The third-order valence-electron chi connectivity index (χ3n) is 6.39. The Balaban J connectivity index is 1.66. The maximum absolute atomic E-state index is 15.3. The zero-order valence-electron chi connectivity index (χ0n) is 16.1. The van der Waals surface area contributed by atoms with Gasteiger partial charge >= 0.3 is 6.16 Å². The second-order valence-corrected chi connectivity index (χ2v) is 8.69. The highest BCUT2D eigenvalue weighted by atomic mass is 35.5. The molecule has 0 radical (unpaired) electrons. The number of halogens is 2. The third kappa shape index (κ3) is 3.06. The molecule has 5 rings (SSSR count). The van der Waals surface area contributed by atoms with E-state index in [1.807, 2.05) is 11.0 Å². The van der Waals surface area contributed by atoms with E-state index in [1.54, 1.807) is 4.57 Å². The lowest BCUT2D eigenvalue weighted by molar-refractivity contribution is 0.143. The molecule has 3 atom stereocenters. The van der Waals surface area contributed by atoms with Crippen LogP contribution in [0.25, 0.3) is 10.9 Å². The van der Waals surface area contributed by atoms with Crippen molar-refractivity contribution >= 4 is 34.3 Å². The zero-order chi connectivity index (χ0) is 21.2. The van der Waals surface area contributed by atoms with Gasteiger partial charge in [0.05, 0.1) is 27.8 Å². The number of aromatic nitrogens is 1. The number of hydrogen-bond acceptors (Lipinski definition) is 5. The van der Waals surface area contributed by atoms with E-state index in [0.29, 0.717) is 24.5 Å². The number of nitrogens with zero attached hydrogens (tertiary/aromatic N) is 2. The first-order valence-electron chi connectivity index (χ1n) is 10.00. The van der Waals surface area contributed by atoms with E-state index in [9.17, 15) is 9.59 Å².